The summed E-state index contributed by atoms with van der Waals surface area (Å²) in [5, 5.41) is 0. The number of morpholine rings is 1. The van der Waals surface area contributed by atoms with Crippen LogP contribution in [0.4, 0.5) is 5.82 Å². The van der Waals surface area contributed by atoms with Crippen molar-refractivity contribution in [2.45, 2.75) is 11.0 Å². The quantitative estimate of drug-likeness (QED) is 0.829. The highest BCUT2D eigenvalue weighted by Crippen LogP contribution is 2.29. The number of hydrogen-bond donors (Lipinski definition) is 0. The molecule has 2 heterocycles. The first-order chi connectivity index (χ1) is 11.5. The number of rotatable bonds is 4. The van der Waals surface area contributed by atoms with E-state index in [4.69, 9.17) is 4.74 Å². The van der Waals surface area contributed by atoms with Gasteiger partial charge in [-0.2, -0.15) is 4.31 Å². The third-order valence-electron chi connectivity index (χ3n) is 3.84. The third kappa shape index (κ3) is 3.26. The standard InChI is InChI=1S/C16H20N4O3S/c1-19(2)16-15(17-8-9-18-16)14-12-20(10-11-23-14)24(21,22)13-6-4-3-5-7-13/h3-9,14H,10-12H2,1-2H3/t14-/m0/s1. The van der Waals surface area contributed by atoms with Crippen LogP contribution in [0.2, 0.25) is 0 Å². The Hall–Kier alpha value is -2.03. The highest BCUT2D eigenvalue weighted by atomic mass is 32.2. The van der Waals surface area contributed by atoms with Gasteiger partial charge >= 0.3 is 0 Å². The Morgan fingerprint density at radius 2 is 1.88 bits per heavy atom. The molecule has 1 aromatic carbocycles. The predicted octanol–water partition coefficient (Wildman–Crippen LogP) is 1.30. The molecule has 0 radical (unpaired) electrons. The summed E-state index contributed by atoms with van der Waals surface area (Å²) in [5.41, 5.74) is 0.649. The maximum absolute atomic E-state index is 12.8. The van der Waals surface area contributed by atoms with Crippen LogP contribution < -0.4 is 4.90 Å². The second kappa shape index (κ2) is 6.84. The molecule has 1 aliphatic heterocycles. The summed E-state index contributed by atoms with van der Waals surface area (Å²) in [6.45, 7) is 0.863. The van der Waals surface area contributed by atoms with E-state index in [-0.39, 0.29) is 11.4 Å². The van der Waals surface area contributed by atoms with Crippen molar-refractivity contribution in [3.8, 4) is 0 Å². The molecule has 7 nitrogen and oxygen atoms in total. The molecule has 8 heteroatoms. The van der Waals surface area contributed by atoms with Crippen LogP contribution in [-0.4, -0.2) is 56.5 Å². The average molecular weight is 348 g/mol. The zero-order valence-electron chi connectivity index (χ0n) is 13.7. The van der Waals surface area contributed by atoms with Gasteiger partial charge in [-0.25, -0.2) is 13.4 Å². The average Bonchev–Trinajstić information content (AvgIpc) is 2.62. The molecule has 0 spiro atoms. The van der Waals surface area contributed by atoms with Crippen LogP contribution in [0.25, 0.3) is 0 Å². The molecular weight excluding hydrogens is 328 g/mol. The number of benzene rings is 1. The summed E-state index contributed by atoms with van der Waals surface area (Å²) >= 11 is 0. The molecule has 1 saturated heterocycles. The summed E-state index contributed by atoms with van der Waals surface area (Å²) in [6, 6.07) is 8.44. The van der Waals surface area contributed by atoms with Gasteiger partial charge in [0.25, 0.3) is 0 Å². The van der Waals surface area contributed by atoms with Gasteiger partial charge < -0.3 is 9.64 Å². The van der Waals surface area contributed by atoms with Gasteiger partial charge in [0.05, 0.1) is 11.5 Å². The Morgan fingerprint density at radius 3 is 2.58 bits per heavy atom. The molecule has 1 atom stereocenters. The van der Waals surface area contributed by atoms with Crippen LogP contribution >= 0.6 is 0 Å². The van der Waals surface area contributed by atoms with E-state index in [1.165, 1.54) is 4.31 Å². The third-order valence-corrected chi connectivity index (χ3v) is 5.72. The fourth-order valence-electron chi connectivity index (χ4n) is 2.66. The monoisotopic (exact) mass is 348 g/mol. The lowest BCUT2D eigenvalue weighted by atomic mass is 10.2. The second-order valence-electron chi connectivity index (χ2n) is 5.70. The van der Waals surface area contributed by atoms with Crippen LogP contribution in [0.1, 0.15) is 11.8 Å². The van der Waals surface area contributed by atoms with Gasteiger partial charge in [0.1, 0.15) is 11.8 Å². The molecule has 24 heavy (non-hydrogen) atoms. The fraction of sp³-hybridized carbons (Fsp3) is 0.375. The molecule has 1 fully saturated rings. The van der Waals surface area contributed by atoms with Gasteiger partial charge in [0.2, 0.25) is 10.0 Å². The Kier molecular flexibility index (Phi) is 4.79. The summed E-state index contributed by atoms with van der Waals surface area (Å²) in [4.78, 5) is 10.8. The molecule has 3 rings (SSSR count). The van der Waals surface area contributed by atoms with Gasteiger partial charge in [-0.3, -0.25) is 4.98 Å². The van der Waals surface area contributed by atoms with Gasteiger partial charge in [0, 0.05) is 39.6 Å². The van der Waals surface area contributed by atoms with Crippen molar-refractivity contribution < 1.29 is 13.2 Å². The molecule has 1 aromatic heterocycles. The number of aromatic nitrogens is 2. The summed E-state index contributed by atoms with van der Waals surface area (Å²) in [6.07, 6.45) is 2.76. The van der Waals surface area contributed by atoms with E-state index in [9.17, 15) is 8.42 Å². The summed E-state index contributed by atoms with van der Waals surface area (Å²) in [7, 11) is 0.195. The number of hydrogen-bond acceptors (Lipinski definition) is 6. The first-order valence-electron chi connectivity index (χ1n) is 7.65. The van der Waals surface area contributed by atoms with Crippen molar-refractivity contribution in [1.82, 2.24) is 14.3 Å². The first kappa shape index (κ1) is 16.8. The van der Waals surface area contributed by atoms with E-state index in [1.54, 1.807) is 42.7 Å². The second-order valence-corrected chi connectivity index (χ2v) is 7.63. The SMILES string of the molecule is CN(C)c1nccnc1[C@@H]1CN(S(=O)(=O)c2ccccc2)CCO1. The lowest BCUT2D eigenvalue weighted by Gasteiger charge is -2.32. The van der Waals surface area contributed by atoms with Crippen LogP contribution in [0.5, 0.6) is 0 Å². The summed E-state index contributed by atoms with van der Waals surface area (Å²) < 4.78 is 32.8. The van der Waals surface area contributed by atoms with Crippen molar-refractivity contribution >= 4 is 15.8 Å². The zero-order valence-corrected chi connectivity index (χ0v) is 14.5. The molecule has 0 saturated carbocycles. The molecule has 0 bridgehead atoms. The molecule has 2 aromatic rings. The van der Waals surface area contributed by atoms with E-state index >= 15 is 0 Å². The number of nitrogens with zero attached hydrogens (tertiary/aromatic N) is 4. The van der Waals surface area contributed by atoms with Crippen LogP contribution in [0.15, 0.2) is 47.6 Å². The molecule has 0 amide bonds. The van der Waals surface area contributed by atoms with Crippen LogP contribution in [-0.2, 0) is 14.8 Å². The lowest BCUT2D eigenvalue weighted by molar-refractivity contribution is -0.00480. The van der Waals surface area contributed by atoms with Crippen molar-refractivity contribution in [1.29, 1.82) is 0 Å². The minimum absolute atomic E-state index is 0.219. The molecule has 0 N–H and O–H groups in total. The van der Waals surface area contributed by atoms with Crippen molar-refractivity contribution in [2.75, 3.05) is 38.7 Å². The molecule has 1 aliphatic rings. The van der Waals surface area contributed by atoms with E-state index in [2.05, 4.69) is 9.97 Å². The highest BCUT2D eigenvalue weighted by Gasteiger charge is 2.33. The minimum atomic E-state index is -3.54. The smallest absolute Gasteiger partial charge is 0.243 e. The first-order valence-corrected chi connectivity index (χ1v) is 9.09. The minimum Gasteiger partial charge on any atom is -0.369 e. The van der Waals surface area contributed by atoms with Crippen LogP contribution in [0, 0.1) is 0 Å². The van der Waals surface area contributed by atoms with E-state index in [1.807, 2.05) is 19.0 Å². The van der Waals surface area contributed by atoms with Gasteiger partial charge in [-0.15, -0.1) is 0 Å². The Balaban J connectivity index is 1.88. The molecular formula is C16H20N4O3S. The van der Waals surface area contributed by atoms with Crippen molar-refractivity contribution in [2.24, 2.45) is 0 Å². The van der Waals surface area contributed by atoms with Crippen molar-refractivity contribution in [3.05, 3.63) is 48.4 Å². The topological polar surface area (TPSA) is 75.6 Å². The van der Waals surface area contributed by atoms with Crippen molar-refractivity contribution in [3.63, 3.8) is 0 Å². The summed E-state index contributed by atoms with van der Waals surface area (Å²) in [5.74, 6) is 0.682. The van der Waals surface area contributed by atoms with Gasteiger partial charge in [-0.05, 0) is 12.1 Å². The Labute approximate surface area is 142 Å². The molecule has 0 unspecified atom stereocenters. The zero-order chi connectivity index (χ0) is 17.2. The highest BCUT2D eigenvalue weighted by molar-refractivity contribution is 7.89. The van der Waals surface area contributed by atoms with E-state index in [0.717, 1.165) is 0 Å². The van der Waals surface area contributed by atoms with Gasteiger partial charge in [-0.1, -0.05) is 18.2 Å². The fourth-order valence-corrected chi connectivity index (χ4v) is 4.11. The maximum Gasteiger partial charge on any atom is 0.243 e. The number of anilines is 1. The van der Waals surface area contributed by atoms with Gasteiger partial charge in [0.15, 0.2) is 5.82 Å². The Bertz CT molecular complexity index is 796. The van der Waals surface area contributed by atoms with E-state index in [0.29, 0.717) is 24.7 Å². The van der Waals surface area contributed by atoms with E-state index < -0.39 is 16.1 Å². The van der Waals surface area contributed by atoms with Crippen LogP contribution in [0.3, 0.4) is 0 Å². The predicted molar refractivity (Wildman–Crippen MR) is 90.3 cm³/mol. The number of sulfonamides is 1. The number of ether oxygens (including phenoxy) is 1. The lowest BCUT2D eigenvalue weighted by Crippen LogP contribution is -2.42. The maximum atomic E-state index is 12.8. The molecule has 0 aliphatic carbocycles. The normalized spacial score (nSPS) is 19.2. The largest absolute Gasteiger partial charge is 0.369 e. The Morgan fingerprint density at radius 1 is 1.17 bits per heavy atom. The molecule has 128 valence electrons.